The topological polar surface area (TPSA) is 49.2 Å². The minimum absolute atomic E-state index is 0.150. The molecule has 1 heterocycles. The van der Waals surface area contributed by atoms with Crippen LogP contribution in [0, 0.1) is 0 Å². The molecule has 0 amide bonds. The predicted molar refractivity (Wildman–Crippen MR) is 49.6 cm³/mol. The van der Waals surface area contributed by atoms with Crippen LogP contribution in [0.15, 0.2) is 0 Å². The molecule has 1 aromatic rings. The second-order valence-corrected chi connectivity index (χ2v) is 3.22. The summed E-state index contributed by atoms with van der Waals surface area (Å²) in [4.78, 5) is 6.17. The van der Waals surface area contributed by atoms with Crippen molar-refractivity contribution in [2.45, 2.75) is 13.3 Å². The molecule has 4 nitrogen and oxygen atoms in total. The van der Waals surface area contributed by atoms with Crippen LogP contribution in [0.5, 0.6) is 0 Å². The Labute approximate surface area is 76.0 Å². The van der Waals surface area contributed by atoms with Crippen molar-refractivity contribution in [2.24, 2.45) is 0 Å². The fraction of sp³-hybridized carbons (Fsp3) is 0.714. The third kappa shape index (κ3) is 2.15. The molecule has 1 aromatic heterocycles. The summed E-state index contributed by atoms with van der Waals surface area (Å²) in [5, 5.41) is 9.55. The van der Waals surface area contributed by atoms with Crippen LogP contribution in [0.2, 0.25) is 0 Å². The number of hydrogen-bond acceptors (Lipinski definition) is 5. The lowest BCUT2D eigenvalue weighted by atomic mass is 10.5. The number of aliphatic hydroxyl groups excluding tert-OH is 1. The number of aryl methyl sites for hydroxylation is 1. The molecule has 68 valence electrons. The zero-order chi connectivity index (χ0) is 8.97. The van der Waals surface area contributed by atoms with Gasteiger partial charge in [0.25, 0.3) is 0 Å². The van der Waals surface area contributed by atoms with Crippen molar-refractivity contribution >= 4 is 16.7 Å². The molecule has 5 heteroatoms. The van der Waals surface area contributed by atoms with E-state index in [1.165, 1.54) is 11.5 Å². The highest BCUT2D eigenvalue weighted by Crippen LogP contribution is 2.14. The van der Waals surface area contributed by atoms with Gasteiger partial charge in [-0.15, -0.1) is 0 Å². The van der Waals surface area contributed by atoms with Crippen LogP contribution in [0.1, 0.15) is 12.7 Å². The first-order valence-electron chi connectivity index (χ1n) is 3.92. The SMILES string of the molecule is CCc1nsc(N(C)CCO)n1. The minimum atomic E-state index is 0.150. The highest BCUT2D eigenvalue weighted by Gasteiger charge is 2.05. The Kier molecular flexibility index (Phi) is 3.43. The van der Waals surface area contributed by atoms with Gasteiger partial charge in [-0.1, -0.05) is 6.92 Å². The molecule has 1 N–H and O–H groups in total. The Morgan fingerprint density at radius 3 is 2.83 bits per heavy atom. The Balaban J connectivity index is 2.61. The van der Waals surface area contributed by atoms with Crippen molar-refractivity contribution in [3.63, 3.8) is 0 Å². The lowest BCUT2D eigenvalue weighted by molar-refractivity contribution is 0.304. The van der Waals surface area contributed by atoms with Crippen molar-refractivity contribution in [1.29, 1.82) is 0 Å². The summed E-state index contributed by atoms with van der Waals surface area (Å²) in [6.07, 6.45) is 0.865. The van der Waals surface area contributed by atoms with Gasteiger partial charge in [0.05, 0.1) is 6.61 Å². The van der Waals surface area contributed by atoms with Gasteiger partial charge in [-0.25, -0.2) is 4.98 Å². The summed E-state index contributed by atoms with van der Waals surface area (Å²) in [5.41, 5.74) is 0. The molecule has 0 aliphatic rings. The van der Waals surface area contributed by atoms with E-state index in [2.05, 4.69) is 9.36 Å². The van der Waals surface area contributed by atoms with Crippen LogP contribution >= 0.6 is 11.5 Å². The van der Waals surface area contributed by atoms with Crippen LogP contribution < -0.4 is 4.90 Å². The summed E-state index contributed by atoms with van der Waals surface area (Å²) in [6, 6.07) is 0. The van der Waals surface area contributed by atoms with Gasteiger partial charge in [-0.05, 0) is 0 Å². The van der Waals surface area contributed by atoms with E-state index in [-0.39, 0.29) is 6.61 Å². The fourth-order valence-electron chi connectivity index (χ4n) is 0.789. The molecule has 0 radical (unpaired) electrons. The Bertz CT molecular complexity index is 238. The van der Waals surface area contributed by atoms with Gasteiger partial charge in [0.15, 0.2) is 0 Å². The molecule has 0 bridgehead atoms. The van der Waals surface area contributed by atoms with Crippen molar-refractivity contribution < 1.29 is 5.11 Å². The van der Waals surface area contributed by atoms with Gasteiger partial charge >= 0.3 is 0 Å². The summed E-state index contributed by atoms with van der Waals surface area (Å²) < 4.78 is 4.15. The molecule has 0 unspecified atom stereocenters. The summed E-state index contributed by atoms with van der Waals surface area (Å²) in [7, 11) is 1.90. The van der Waals surface area contributed by atoms with E-state index in [1.807, 2.05) is 18.9 Å². The molecule has 0 saturated heterocycles. The van der Waals surface area contributed by atoms with Crippen molar-refractivity contribution in [3.8, 4) is 0 Å². The van der Waals surface area contributed by atoms with E-state index in [1.54, 1.807) is 0 Å². The van der Waals surface area contributed by atoms with Crippen molar-refractivity contribution in [3.05, 3.63) is 5.82 Å². The molecular formula is C7H13N3OS. The molecule has 1 rings (SSSR count). The highest BCUT2D eigenvalue weighted by molar-refractivity contribution is 7.09. The zero-order valence-corrected chi connectivity index (χ0v) is 8.13. The van der Waals surface area contributed by atoms with Crippen LogP contribution in [-0.2, 0) is 6.42 Å². The first-order valence-corrected chi connectivity index (χ1v) is 4.69. The standard InChI is InChI=1S/C7H13N3OS/c1-3-6-8-7(12-9-6)10(2)4-5-11/h11H,3-5H2,1-2H3. The van der Waals surface area contributed by atoms with Crippen molar-refractivity contribution in [1.82, 2.24) is 9.36 Å². The molecule has 0 aliphatic heterocycles. The maximum atomic E-state index is 8.68. The van der Waals surface area contributed by atoms with E-state index in [0.29, 0.717) is 6.54 Å². The average Bonchev–Trinajstić information content (AvgIpc) is 2.52. The van der Waals surface area contributed by atoms with Crippen molar-refractivity contribution in [2.75, 3.05) is 25.1 Å². The number of nitrogens with zero attached hydrogens (tertiary/aromatic N) is 3. The number of rotatable bonds is 4. The summed E-state index contributed by atoms with van der Waals surface area (Å²) in [6.45, 7) is 2.79. The monoisotopic (exact) mass is 187 g/mol. The van der Waals surface area contributed by atoms with Gasteiger partial charge in [0.2, 0.25) is 5.13 Å². The van der Waals surface area contributed by atoms with Crippen LogP contribution in [0.25, 0.3) is 0 Å². The van der Waals surface area contributed by atoms with E-state index in [9.17, 15) is 0 Å². The van der Waals surface area contributed by atoms with Gasteiger partial charge in [-0.2, -0.15) is 4.37 Å². The molecule has 0 fully saturated rings. The number of aromatic nitrogens is 2. The Morgan fingerprint density at radius 1 is 1.58 bits per heavy atom. The van der Waals surface area contributed by atoms with Gasteiger partial charge in [-0.3, -0.25) is 0 Å². The van der Waals surface area contributed by atoms with E-state index < -0.39 is 0 Å². The van der Waals surface area contributed by atoms with E-state index >= 15 is 0 Å². The highest BCUT2D eigenvalue weighted by atomic mass is 32.1. The van der Waals surface area contributed by atoms with Crippen LogP contribution in [0.3, 0.4) is 0 Å². The third-order valence-corrected chi connectivity index (χ3v) is 2.40. The van der Waals surface area contributed by atoms with Gasteiger partial charge in [0.1, 0.15) is 5.82 Å². The second kappa shape index (κ2) is 4.37. The molecule has 12 heavy (non-hydrogen) atoms. The van der Waals surface area contributed by atoms with Crippen LogP contribution in [0.4, 0.5) is 5.13 Å². The number of anilines is 1. The largest absolute Gasteiger partial charge is 0.395 e. The fourth-order valence-corrected chi connectivity index (χ4v) is 1.52. The molecule has 0 aromatic carbocycles. The number of aliphatic hydroxyl groups is 1. The summed E-state index contributed by atoms with van der Waals surface area (Å²) >= 11 is 1.38. The lowest BCUT2D eigenvalue weighted by Crippen LogP contribution is -2.20. The summed E-state index contributed by atoms with van der Waals surface area (Å²) in [5.74, 6) is 0.875. The first kappa shape index (κ1) is 9.41. The van der Waals surface area contributed by atoms with E-state index in [0.717, 1.165) is 17.4 Å². The molecule has 0 aliphatic carbocycles. The Hall–Kier alpha value is -0.680. The maximum Gasteiger partial charge on any atom is 0.205 e. The molecule has 0 atom stereocenters. The number of likely N-dealkylation sites (N-methyl/N-ethyl adjacent to an activating group) is 1. The maximum absolute atomic E-state index is 8.68. The molecule has 0 spiro atoms. The zero-order valence-electron chi connectivity index (χ0n) is 7.32. The molecular weight excluding hydrogens is 174 g/mol. The van der Waals surface area contributed by atoms with Gasteiger partial charge in [0, 0.05) is 31.5 Å². The second-order valence-electron chi connectivity index (χ2n) is 2.49. The Morgan fingerprint density at radius 2 is 2.33 bits per heavy atom. The smallest absolute Gasteiger partial charge is 0.205 e. The minimum Gasteiger partial charge on any atom is -0.395 e. The van der Waals surface area contributed by atoms with Crippen LogP contribution in [-0.4, -0.2) is 34.7 Å². The third-order valence-electron chi connectivity index (χ3n) is 1.54. The van der Waals surface area contributed by atoms with Gasteiger partial charge < -0.3 is 10.0 Å². The average molecular weight is 187 g/mol. The lowest BCUT2D eigenvalue weighted by Gasteiger charge is -2.11. The molecule has 0 saturated carbocycles. The predicted octanol–water partition coefficient (Wildman–Crippen LogP) is 0.529. The normalized spacial score (nSPS) is 10.2. The number of hydrogen-bond donors (Lipinski definition) is 1. The quantitative estimate of drug-likeness (QED) is 0.747. The van der Waals surface area contributed by atoms with E-state index in [4.69, 9.17) is 5.11 Å². The first-order chi connectivity index (χ1) is 5.77.